The van der Waals surface area contributed by atoms with Gasteiger partial charge in [-0.15, -0.1) is 0 Å². The highest BCUT2D eigenvalue weighted by Crippen LogP contribution is 2.28. The Labute approximate surface area is 211 Å². The molecule has 3 heterocycles. The summed E-state index contributed by atoms with van der Waals surface area (Å²) in [5.74, 6) is -0.0890. The monoisotopic (exact) mass is 480 g/mol. The van der Waals surface area contributed by atoms with Crippen LogP contribution < -0.4 is 5.32 Å². The number of aromatic amines is 1. The van der Waals surface area contributed by atoms with Gasteiger partial charge in [0.05, 0.1) is 17.6 Å². The van der Waals surface area contributed by atoms with E-state index in [1.165, 1.54) is 5.56 Å². The number of pyridine rings is 1. The minimum Gasteiger partial charge on any atom is -0.325 e. The highest BCUT2D eigenvalue weighted by molar-refractivity contribution is 5.99. The van der Waals surface area contributed by atoms with Crippen LogP contribution in [0.2, 0.25) is 0 Å². The largest absolute Gasteiger partial charge is 0.325 e. The maximum Gasteiger partial charge on any atom is 0.230 e. The van der Waals surface area contributed by atoms with Crippen LogP contribution in [0.5, 0.6) is 0 Å². The van der Waals surface area contributed by atoms with E-state index in [0.29, 0.717) is 0 Å². The Balaban J connectivity index is 1.31. The first-order chi connectivity index (χ1) is 17.5. The van der Waals surface area contributed by atoms with Crippen molar-refractivity contribution < 1.29 is 4.79 Å². The van der Waals surface area contributed by atoms with Crippen molar-refractivity contribution in [3.63, 3.8) is 0 Å². The van der Waals surface area contributed by atoms with Gasteiger partial charge in [-0.25, -0.2) is 0 Å². The number of carbonyl (C=O) groups is 1. The van der Waals surface area contributed by atoms with Crippen LogP contribution in [-0.4, -0.2) is 64.1 Å². The molecule has 0 atom stereocenters. The Kier molecular flexibility index (Phi) is 7.21. The highest BCUT2D eigenvalue weighted by atomic mass is 16.1. The summed E-state index contributed by atoms with van der Waals surface area (Å²) < 4.78 is 0. The highest BCUT2D eigenvalue weighted by Gasteiger charge is 2.14. The van der Waals surface area contributed by atoms with Gasteiger partial charge in [0.2, 0.25) is 5.91 Å². The maximum absolute atomic E-state index is 12.6. The third kappa shape index (κ3) is 5.70. The fraction of sp³-hybridized carbons (Fsp3) is 0.276. The number of nitrogens with one attached hydrogen (secondary N) is 2. The van der Waals surface area contributed by atoms with Gasteiger partial charge in [-0.2, -0.15) is 5.10 Å². The molecule has 1 fully saturated rings. The molecule has 0 bridgehead atoms. The van der Waals surface area contributed by atoms with Crippen LogP contribution in [-0.2, 0) is 17.8 Å². The van der Waals surface area contributed by atoms with Gasteiger partial charge in [0, 0.05) is 55.7 Å². The molecule has 1 saturated heterocycles. The second kappa shape index (κ2) is 10.8. The maximum atomic E-state index is 12.6. The van der Waals surface area contributed by atoms with Crippen molar-refractivity contribution in [1.82, 2.24) is 25.0 Å². The molecule has 0 unspecified atom stereocenters. The van der Waals surface area contributed by atoms with Gasteiger partial charge in [0.25, 0.3) is 0 Å². The third-order valence-corrected chi connectivity index (χ3v) is 6.75. The molecule has 1 amide bonds. The fourth-order valence-corrected chi connectivity index (χ4v) is 4.66. The number of amides is 1. The van der Waals surface area contributed by atoms with Gasteiger partial charge < -0.3 is 10.2 Å². The minimum absolute atomic E-state index is 0.0890. The Hall–Kier alpha value is -3.81. The van der Waals surface area contributed by atoms with Gasteiger partial charge in [0.15, 0.2) is 0 Å². The van der Waals surface area contributed by atoms with Crippen LogP contribution in [0, 0.1) is 6.92 Å². The molecular weight excluding hydrogens is 448 g/mol. The number of carbonyl (C=O) groups excluding carboxylic acids is 1. The van der Waals surface area contributed by atoms with Gasteiger partial charge in [0.1, 0.15) is 0 Å². The first kappa shape index (κ1) is 23.9. The topological polar surface area (TPSA) is 77.1 Å². The summed E-state index contributed by atoms with van der Waals surface area (Å²) in [5.41, 5.74) is 6.78. The van der Waals surface area contributed by atoms with Crippen molar-refractivity contribution in [2.24, 2.45) is 0 Å². The number of aromatic nitrogens is 3. The van der Waals surface area contributed by atoms with Gasteiger partial charge >= 0.3 is 0 Å². The summed E-state index contributed by atoms with van der Waals surface area (Å²) in [6, 6.07) is 18.2. The molecule has 2 aromatic carbocycles. The Morgan fingerprint density at radius 3 is 2.72 bits per heavy atom. The van der Waals surface area contributed by atoms with Crippen LogP contribution in [0.4, 0.5) is 5.69 Å². The number of hydrogen-bond acceptors (Lipinski definition) is 5. The van der Waals surface area contributed by atoms with E-state index >= 15 is 0 Å². The van der Waals surface area contributed by atoms with Crippen LogP contribution in [0.15, 0.2) is 60.8 Å². The minimum atomic E-state index is -0.0890. The van der Waals surface area contributed by atoms with Gasteiger partial charge in [-0.1, -0.05) is 36.4 Å². The smallest absolute Gasteiger partial charge is 0.230 e. The summed E-state index contributed by atoms with van der Waals surface area (Å²) in [4.78, 5) is 21.7. The number of aryl methyl sites for hydroxylation is 1. The SMILES string of the molecule is Cc1c(NC(=O)Cc2ccccn2)ccc2[nH]nc(C=Cc3cccc(CN4CCN(C)CC4)c3)c12. The first-order valence-corrected chi connectivity index (χ1v) is 12.4. The van der Waals surface area contributed by atoms with Crippen molar-refractivity contribution in [2.75, 3.05) is 38.5 Å². The lowest BCUT2D eigenvalue weighted by atomic mass is 10.0. The van der Waals surface area contributed by atoms with Crippen molar-refractivity contribution in [2.45, 2.75) is 19.9 Å². The van der Waals surface area contributed by atoms with Crippen LogP contribution in [0.3, 0.4) is 0 Å². The second-order valence-corrected chi connectivity index (χ2v) is 9.47. The Morgan fingerprint density at radius 2 is 1.92 bits per heavy atom. The molecule has 0 spiro atoms. The van der Waals surface area contributed by atoms with Crippen LogP contribution in [0.25, 0.3) is 23.1 Å². The predicted molar refractivity (Wildman–Crippen MR) is 146 cm³/mol. The summed E-state index contributed by atoms with van der Waals surface area (Å²) in [6.45, 7) is 7.45. The Morgan fingerprint density at radius 1 is 1.06 bits per heavy atom. The van der Waals surface area contributed by atoms with Gasteiger partial charge in [-0.3, -0.25) is 19.8 Å². The summed E-state index contributed by atoms with van der Waals surface area (Å²) in [5, 5.41) is 11.7. The quantitative estimate of drug-likeness (QED) is 0.411. The van der Waals surface area contributed by atoms with E-state index in [-0.39, 0.29) is 12.3 Å². The molecule has 0 radical (unpaired) electrons. The van der Waals surface area contributed by atoms with E-state index in [9.17, 15) is 4.79 Å². The molecule has 4 aromatic rings. The number of rotatable bonds is 7. The van der Waals surface area contributed by atoms with E-state index < -0.39 is 0 Å². The zero-order valence-corrected chi connectivity index (χ0v) is 20.9. The molecule has 36 heavy (non-hydrogen) atoms. The zero-order valence-electron chi connectivity index (χ0n) is 20.9. The normalized spacial score (nSPS) is 15.1. The molecule has 1 aliphatic heterocycles. The molecule has 2 N–H and O–H groups in total. The van der Waals surface area contributed by atoms with E-state index in [1.807, 2.05) is 43.3 Å². The lowest BCUT2D eigenvalue weighted by Gasteiger charge is -2.32. The zero-order chi connectivity index (χ0) is 24.9. The summed E-state index contributed by atoms with van der Waals surface area (Å²) >= 11 is 0. The second-order valence-electron chi connectivity index (χ2n) is 9.47. The van der Waals surface area contributed by atoms with Crippen molar-refractivity contribution in [1.29, 1.82) is 0 Å². The molecule has 7 heteroatoms. The molecule has 0 aliphatic carbocycles. The third-order valence-electron chi connectivity index (χ3n) is 6.75. The van der Waals surface area contributed by atoms with Crippen molar-refractivity contribution in [3.8, 4) is 0 Å². The van der Waals surface area contributed by atoms with E-state index in [4.69, 9.17) is 0 Å². The predicted octanol–water partition coefficient (Wildman–Crippen LogP) is 4.37. The lowest BCUT2D eigenvalue weighted by Crippen LogP contribution is -2.43. The number of benzene rings is 2. The number of nitrogens with zero attached hydrogens (tertiary/aromatic N) is 4. The van der Waals surface area contributed by atoms with Crippen LogP contribution >= 0.6 is 0 Å². The fourth-order valence-electron chi connectivity index (χ4n) is 4.66. The number of hydrogen-bond donors (Lipinski definition) is 2. The average Bonchev–Trinajstić information content (AvgIpc) is 3.30. The van der Waals surface area contributed by atoms with E-state index in [0.717, 1.165) is 71.8 Å². The van der Waals surface area contributed by atoms with E-state index in [2.05, 4.69) is 67.7 Å². The van der Waals surface area contributed by atoms with Crippen molar-refractivity contribution >= 4 is 34.6 Å². The van der Waals surface area contributed by atoms with Crippen LogP contribution in [0.1, 0.15) is 28.1 Å². The molecule has 0 saturated carbocycles. The summed E-state index contributed by atoms with van der Waals surface area (Å²) in [7, 11) is 2.18. The van der Waals surface area contributed by atoms with E-state index in [1.54, 1.807) is 6.20 Å². The lowest BCUT2D eigenvalue weighted by molar-refractivity contribution is -0.115. The Bertz CT molecular complexity index is 1370. The molecule has 1 aliphatic rings. The first-order valence-electron chi connectivity index (χ1n) is 12.4. The number of piperazine rings is 1. The molecule has 7 nitrogen and oxygen atoms in total. The molecular formula is C29H32N6O. The van der Waals surface area contributed by atoms with Gasteiger partial charge in [-0.05, 0) is 61.0 Å². The number of H-pyrrole nitrogens is 1. The number of anilines is 1. The van der Waals surface area contributed by atoms with Crippen molar-refractivity contribution in [3.05, 3.63) is 88.9 Å². The molecule has 2 aromatic heterocycles. The standard InChI is InChI=1S/C29H32N6O/c1-21-25(31-28(36)19-24-8-3-4-13-30-24)11-12-27-29(21)26(32-33-27)10-9-22-6-5-7-23(18-22)20-35-16-14-34(2)15-17-35/h3-13,18H,14-17,19-20H2,1-2H3,(H,31,36)(H,32,33). The molecule has 5 rings (SSSR count). The number of likely N-dealkylation sites (N-methyl/N-ethyl adjacent to an activating group) is 1. The molecule has 184 valence electrons. The summed E-state index contributed by atoms with van der Waals surface area (Å²) in [6.07, 6.45) is 6.09. The number of fused-ring (bicyclic) bond motifs is 1. The average molecular weight is 481 g/mol.